The molecule has 0 fully saturated rings. The lowest BCUT2D eigenvalue weighted by molar-refractivity contribution is 1.44. The smallest absolute Gasteiger partial charge is 0.0722 e. The first-order chi connectivity index (χ1) is 4.30. The van der Waals surface area contributed by atoms with Gasteiger partial charge in [0.1, 0.15) is 0 Å². The van der Waals surface area contributed by atoms with Gasteiger partial charge in [-0.05, 0) is 5.56 Å². The molecule has 48 valence electrons. The van der Waals surface area contributed by atoms with Crippen molar-refractivity contribution in [2.24, 2.45) is 0 Å². The third-order valence-corrected chi connectivity index (χ3v) is 2.30. The van der Waals surface area contributed by atoms with Gasteiger partial charge in [-0.15, -0.1) is 0 Å². The van der Waals surface area contributed by atoms with Crippen LogP contribution in [0.3, 0.4) is 0 Å². The Bertz CT molecular complexity index is 172. The van der Waals surface area contributed by atoms with Crippen LogP contribution in [-0.2, 0) is 0 Å². The zero-order valence-corrected chi connectivity index (χ0v) is 8.46. The summed E-state index contributed by atoms with van der Waals surface area (Å²) < 4.78 is 0.441. The van der Waals surface area contributed by atoms with Crippen LogP contribution in [0, 0.1) is 0 Å². The van der Waals surface area contributed by atoms with E-state index in [1.165, 1.54) is 5.56 Å². The molecule has 0 amide bonds. The van der Waals surface area contributed by atoms with Crippen molar-refractivity contribution < 1.29 is 0 Å². The van der Waals surface area contributed by atoms with Gasteiger partial charge in [-0.1, -0.05) is 68.9 Å². The van der Waals surface area contributed by atoms with Gasteiger partial charge in [-0.25, -0.2) is 0 Å². The van der Waals surface area contributed by atoms with Gasteiger partial charge in [0.25, 0.3) is 0 Å². The van der Waals surface area contributed by atoms with E-state index in [2.05, 4.69) is 50.7 Å². The summed E-state index contributed by atoms with van der Waals surface area (Å²) in [5, 5.41) is 0. The van der Waals surface area contributed by atoms with E-state index in [9.17, 15) is 0 Å². The molecule has 0 spiro atoms. The average Bonchev–Trinajstić information content (AvgIpc) is 1.90. The fourth-order valence-corrected chi connectivity index (χ4v) is 1.32. The van der Waals surface area contributed by atoms with Gasteiger partial charge in [-0.3, -0.25) is 0 Å². The number of benzene rings is 1. The summed E-state index contributed by atoms with van der Waals surface area (Å²) >= 11 is 5.79. The van der Waals surface area contributed by atoms with E-state index in [4.69, 9.17) is 0 Å². The molecular formula is C7H6BrI. The summed E-state index contributed by atoms with van der Waals surface area (Å²) in [6, 6.07) is 10.3. The summed E-state index contributed by atoms with van der Waals surface area (Å²) in [6.45, 7) is 0. The molecule has 0 aromatic heterocycles. The van der Waals surface area contributed by atoms with Crippen molar-refractivity contribution in [1.29, 1.82) is 0 Å². The third kappa shape index (κ3) is 2.26. The number of halogens is 2. The molecule has 1 atom stereocenters. The minimum atomic E-state index is 0.441. The van der Waals surface area contributed by atoms with E-state index >= 15 is 0 Å². The molecule has 0 saturated heterocycles. The highest BCUT2D eigenvalue weighted by atomic mass is 127. The van der Waals surface area contributed by atoms with Crippen molar-refractivity contribution in [2.75, 3.05) is 0 Å². The summed E-state index contributed by atoms with van der Waals surface area (Å²) in [6.07, 6.45) is 0. The molecule has 0 aliphatic rings. The molecular weight excluding hydrogens is 291 g/mol. The molecule has 0 radical (unpaired) electrons. The molecule has 0 aliphatic heterocycles. The maximum absolute atomic E-state index is 3.47. The molecule has 0 N–H and O–H groups in total. The molecule has 0 bridgehead atoms. The van der Waals surface area contributed by atoms with Crippen molar-refractivity contribution in [3.8, 4) is 0 Å². The highest BCUT2D eigenvalue weighted by Crippen LogP contribution is 2.28. The van der Waals surface area contributed by atoms with Crippen LogP contribution >= 0.6 is 38.5 Å². The van der Waals surface area contributed by atoms with Gasteiger partial charge in [0.05, 0.1) is 2.83 Å². The van der Waals surface area contributed by atoms with Crippen molar-refractivity contribution in [3.63, 3.8) is 0 Å². The Morgan fingerprint density at radius 3 is 2.11 bits per heavy atom. The maximum Gasteiger partial charge on any atom is 0.0910 e. The highest BCUT2D eigenvalue weighted by molar-refractivity contribution is 14.1. The average molecular weight is 297 g/mol. The Kier molecular flexibility index (Phi) is 2.98. The molecule has 1 aromatic carbocycles. The second kappa shape index (κ2) is 3.56. The normalized spacial score (nSPS) is 13.1. The lowest BCUT2D eigenvalue weighted by atomic mass is 10.2. The van der Waals surface area contributed by atoms with Crippen LogP contribution in [0.15, 0.2) is 30.3 Å². The van der Waals surface area contributed by atoms with Gasteiger partial charge in [-0.2, -0.15) is 0 Å². The molecule has 2 heteroatoms. The first-order valence-corrected chi connectivity index (χ1v) is 4.80. The van der Waals surface area contributed by atoms with E-state index in [0.717, 1.165) is 0 Å². The largest absolute Gasteiger partial charge is 0.0910 e. The van der Waals surface area contributed by atoms with Crippen molar-refractivity contribution in [1.82, 2.24) is 0 Å². The fourth-order valence-electron chi connectivity index (χ4n) is 0.599. The summed E-state index contributed by atoms with van der Waals surface area (Å²) in [7, 11) is 0. The molecule has 1 unspecified atom stereocenters. The molecule has 0 heterocycles. The van der Waals surface area contributed by atoms with E-state index < -0.39 is 0 Å². The summed E-state index contributed by atoms with van der Waals surface area (Å²) in [4.78, 5) is 0. The lowest BCUT2D eigenvalue weighted by Crippen LogP contribution is -1.75. The minimum Gasteiger partial charge on any atom is -0.0722 e. The van der Waals surface area contributed by atoms with Crippen LogP contribution in [0.1, 0.15) is 8.40 Å². The molecule has 0 saturated carbocycles. The van der Waals surface area contributed by atoms with Crippen LogP contribution < -0.4 is 0 Å². The van der Waals surface area contributed by atoms with Gasteiger partial charge in [0.15, 0.2) is 0 Å². The number of hydrogen-bond donors (Lipinski definition) is 0. The third-order valence-electron chi connectivity index (χ3n) is 1.05. The predicted octanol–water partition coefficient (Wildman–Crippen LogP) is 3.52. The predicted molar refractivity (Wildman–Crippen MR) is 52.1 cm³/mol. The topological polar surface area (TPSA) is 0 Å². The first-order valence-electron chi connectivity index (χ1n) is 2.64. The molecule has 1 rings (SSSR count). The standard InChI is InChI=1S/C7H6BrI/c8-7(9)6-4-2-1-3-5-6/h1-5,7H. The Balaban J connectivity index is 2.85. The monoisotopic (exact) mass is 296 g/mol. The number of alkyl halides is 2. The maximum atomic E-state index is 3.47. The van der Waals surface area contributed by atoms with Crippen molar-refractivity contribution >= 4 is 38.5 Å². The van der Waals surface area contributed by atoms with Gasteiger partial charge < -0.3 is 0 Å². The Hall–Kier alpha value is 0.430. The van der Waals surface area contributed by atoms with Gasteiger partial charge >= 0.3 is 0 Å². The van der Waals surface area contributed by atoms with E-state index in [0.29, 0.717) is 2.83 Å². The van der Waals surface area contributed by atoms with Crippen LogP contribution in [0.25, 0.3) is 0 Å². The van der Waals surface area contributed by atoms with Crippen molar-refractivity contribution in [3.05, 3.63) is 35.9 Å². The molecule has 9 heavy (non-hydrogen) atoms. The molecule has 1 aromatic rings. The Morgan fingerprint density at radius 2 is 1.78 bits per heavy atom. The SMILES string of the molecule is BrC(I)c1ccccc1. The fraction of sp³-hybridized carbons (Fsp3) is 0.143. The Labute approximate surface area is 76.9 Å². The van der Waals surface area contributed by atoms with Gasteiger partial charge in [0.2, 0.25) is 0 Å². The van der Waals surface area contributed by atoms with Crippen LogP contribution in [-0.4, -0.2) is 0 Å². The van der Waals surface area contributed by atoms with Gasteiger partial charge in [0, 0.05) is 0 Å². The van der Waals surface area contributed by atoms with Crippen LogP contribution in [0.4, 0.5) is 0 Å². The van der Waals surface area contributed by atoms with E-state index in [-0.39, 0.29) is 0 Å². The van der Waals surface area contributed by atoms with Crippen LogP contribution in [0.5, 0.6) is 0 Å². The Morgan fingerprint density at radius 1 is 1.22 bits per heavy atom. The second-order valence-electron chi connectivity index (χ2n) is 1.71. The summed E-state index contributed by atoms with van der Waals surface area (Å²) in [5.74, 6) is 0. The van der Waals surface area contributed by atoms with E-state index in [1.54, 1.807) is 0 Å². The zero-order valence-electron chi connectivity index (χ0n) is 4.72. The quantitative estimate of drug-likeness (QED) is 0.549. The number of hydrogen-bond acceptors (Lipinski definition) is 0. The lowest BCUT2D eigenvalue weighted by Gasteiger charge is -1.98. The zero-order chi connectivity index (χ0) is 6.69. The first kappa shape index (κ1) is 7.54. The van der Waals surface area contributed by atoms with E-state index in [1.807, 2.05) is 18.2 Å². The second-order valence-corrected chi connectivity index (χ2v) is 5.58. The highest BCUT2D eigenvalue weighted by Gasteiger charge is 1.97. The van der Waals surface area contributed by atoms with Crippen molar-refractivity contribution in [2.45, 2.75) is 2.83 Å². The molecule has 0 aliphatic carbocycles. The number of rotatable bonds is 1. The minimum absolute atomic E-state index is 0.441. The van der Waals surface area contributed by atoms with Crippen LogP contribution in [0.2, 0.25) is 0 Å². The molecule has 0 nitrogen and oxygen atoms in total. The summed E-state index contributed by atoms with van der Waals surface area (Å²) in [5.41, 5.74) is 1.32.